The van der Waals surface area contributed by atoms with Crippen molar-refractivity contribution in [1.82, 2.24) is 0 Å². The number of benzene rings is 2. The molecule has 0 aliphatic heterocycles. The number of nitrogens with two attached hydrogens (primary N) is 1. The molecule has 0 radical (unpaired) electrons. The lowest BCUT2D eigenvalue weighted by atomic mass is 10.0. The van der Waals surface area contributed by atoms with E-state index < -0.39 is 0 Å². The van der Waals surface area contributed by atoms with Crippen LogP contribution in [0.15, 0.2) is 53.9 Å². The first kappa shape index (κ1) is 14.0. The van der Waals surface area contributed by atoms with Crippen molar-refractivity contribution in [2.24, 2.45) is 5.73 Å². The number of nitrogens with zero attached hydrogens (tertiary/aromatic N) is 1. The van der Waals surface area contributed by atoms with Crippen LogP contribution in [0.25, 0.3) is 10.1 Å². The fourth-order valence-corrected chi connectivity index (χ4v) is 3.66. The molecule has 1 heterocycles. The Morgan fingerprint density at radius 2 is 1.86 bits per heavy atom. The predicted octanol–water partition coefficient (Wildman–Crippen LogP) is 4.18. The maximum absolute atomic E-state index is 14.0. The van der Waals surface area contributed by atoms with Crippen molar-refractivity contribution in [1.29, 1.82) is 0 Å². The molecule has 0 saturated carbocycles. The average Bonchev–Trinajstić information content (AvgIpc) is 2.93. The van der Waals surface area contributed by atoms with Gasteiger partial charge in [-0.1, -0.05) is 30.3 Å². The summed E-state index contributed by atoms with van der Waals surface area (Å²) >= 11 is 1.70. The van der Waals surface area contributed by atoms with Gasteiger partial charge in [-0.05, 0) is 34.5 Å². The van der Waals surface area contributed by atoms with Gasteiger partial charge in [-0.3, -0.25) is 0 Å². The van der Waals surface area contributed by atoms with Crippen LogP contribution in [-0.2, 0) is 0 Å². The van der Waals surface area contributed by atoms with Gasteiger partial charge >= 0.3 is 0 Å². The van der Waals surface area contributed by atoms with Crippen LogP contribution in [0.3, 0.4) is 0 Å². The van der Waals surface area contributed by atoms with E-state index in [0.717, 1.165) is 5.56 Å². The molecule has 2 nitrogen and oxygen atoms in total. The molecule has 1 atom stereocenters. The molecule has 108 valence electrons. The molecular formula is C17H17FN2S. The van der Waals surface area contributed by atoms with Crippen molar-refractivity contribution in [3.05, 3.63) is 65.3 Å². The monoisotopic (exact) mass is 300 g/mol. The fourth-order valence-electron chi connectivity index (χ4n) is 2.66. The Morgan fingerprint density at radius 3 is 2.62 bits per heavy atom. The maximum atomic E-state index is 14.0. The standard InChI is InChI=1S/C17H17FN2S/c1-20(15-8-4-3-7-14(15)18)16(10-19)13-11-21-17-9-5-2-6-12(13)17/h2-9,11,16H,10,19H2,1H3. The van der Waals surface area contributed by atoms with Crippen molar-refractivity contribution in [2.45, 2.75) is 6.04 Å². The van der Waals surface area contributed by atoms with Crippen LogP contribution in [-0.4, -0.2) is 13.6 Å². The quantitative estimate of drug-likeness (QED) is 0.783. The smallest absolute Gasteiger partial charge is 0.146 e. The van der Waals surface area contributed by atoms with Crippen molar-refractivity contribution in [3.8, 4) is 0 Å². The van der Waals surface area contributed by atoms with E-state index >= 15 is 0 Å². The summed E-state index contributed by atoms with van der Waals surface area (Å²) < 4.78 is 15.2. The summed E-state index contributed by atoms with van der Waals surface area (Å²) in [5.74, 6) is -0.224. The number of hydrogen-bond donors (Lipinski definition) is 1. The molecule has 0 bridgehead atoms. The van der Waals surface area contributed by atoms with Crippen molar-refractivity contribution >= 4 is 27.1 Å². The van der Waals surface area contributed by atoms with Crippen LogP contribution in [0.2, 0.25) is 0 Å². The Kier molecular flexibility index (Phi) is 3.90. The topological polar surface area (TPSA) is 29.3 Å². The molecule has 0 amide bonds. The van der Waals surface area contributed by atoms with Crippen LogP contribution in [0, 0.1) is 5.82 Å². The zero-order chi connectivity index (χ0) is 14.8. The van der Waals surface area contributed by atoms with Crippen LogP contribution in [0.4, 0.5) is 10.1 Å². The summed E-state index contributed by atoms with van der Waals surface area (Å²) in [6.07, 6.45) is 0. The average molecular weight is 300 g/mol. The largest absolute Gasteiger partial charge is 0.364 e. The Bertz CT molecular complexity index is 753. The predicted molar refractivity (Wildman–Crippen MR) is 88.4 cm³/mol. The second-order valence-corrected chi connectivity index (χ2v) is 5.91. The van der Waals surface area contributed by atoms with Gasteiger partial charge in [0.05, 0.1) is 11.7 Å². The molecule has 0 aliphatic carbocycles. The molecule has 1 aromatic heterocycles. The number of rotatable bonds is 4. The first-order valence-corrected chi connectivity index (χ1v) is 7.74. The van der Waals surface area contributed by atoms with Crippen molar-refractivity contribution in [3.63, 3.8) is 0 Å². The van der Waals surface area contributed by atoms with Crippen LogP contribution in [0.1, 0.15) is 11.6 Å². The van der Waals surface area contributed by atoms with Gasteiger partial charge in [-0.2, -0.15) is 0 Å². The number of halogens is 1. The molecular weight excluding hydrogens is 283 g/mol. The van der Waals surface area contributed by atoms with Crippen molar-refractivity contribution < 1.29 is 4.39 Å². The number of fused-ring (bicyclic) bond motifs is 1. The van der Waals surface area contributed by atoms with E-state index in [-0.39, 0.29) is 11.9 Å². The summed E-state index contributed by atoms with van der Waals surface area (Å²) in [7, 11) is 1.89. The normalized spacial score (nSPS) is 12.5. The van der Waals surface area contributed by atoms with E-state index in [0.29, 0.717) is 12.2 Å². The SMILES string of the molecule is CN(c1ccccc1F)C(CN)c1csc2ccccc12. The number of thiophene rings is 1. The number of likely N-dealkylation sites (N-methyl/N-ethyl adjacent to an activating group) is 1. The summed E-state index contributed by atoms with van der Waals surface area (Å²) in [6, 6.07) is 15.0. The molecule has 3 rings (SSSR count). The highest BCUT2D eigenvalue weighted by molar-refractivity contribution is 7.17. The Balaban J connectivity index is 2.04. The Hall–Kier alpha value is -1.91. The molecule has 2 aromatic carbocycles. The Morgan fingerprint density at radius 1 is 1.14 bits per heavy atom. The molecule has 3 aromatic rings. The van der Waals surface area contributed by atoms with E-state index in [9.17, 15) is 4.39 Å². The molecule has 21 heavy (non-hydrogen) atoms. The van der Waals surface area contributed by atoms with Gasteiger partial charge < -0.3 is 10.6 Å². The highest BCUT2D eigenvalue weighted by atomic mass is 32.1. The molecule has 0 saturated heterocycles. The zero-order valence-corrected chi connectivity index (χ0v) is 12.6. The third kappa shape index (κ3) is 2.52. The zero-order valence-electron chi connectivity index (χ0n) is 11.8. The fraction of sp³-hybridized carbons (Fsp3) is 0.176. The van der Waals surface area contributed by atoms with Gasteiger partial charge in [-0.15, -0.1) is 11.3 Å². The highest BCUT2D eigenvalue weighted by Crippen LogP contribution is 2.34. The number of para-hydroxylation sites is 1. The second-order valence-electron chi connectivity index (χ2n) is 5.00. The third-order valence-corrected chi connectivity index (χ3v) is 4.77. The van der Waals surface area contributed by atoms with Crippen molar-refractivity contribution in [2.75, 3.05) is 18.5 Å². The van der Waals surface area contributed by atoms with Gasteiger partial charge in [0.1, 0.15) is 5.82 Å². The van der Waals surface area contributed by atoms with E-state index in [4.69, 9.17) is 5.73 Å². The third-order valence-electron chi connectivity index (χ3n) is 3.79. The highest BCUT2D eigenvalue weighted by Gasteiger charge is 2.21. The maximum Gasteiger partial charge on any atom is 0.146 e. The lowest BCUT2D eigenvalue weighted by Crippen LogP contribution is -2.30. The first-order valence-electron chi connectivity index (χ1n) is 6.86. The molecule has 1 unspecified atom stereocenters. The number of anilines is 1. The molecule has 0 aliphatic rings. The van der Waals surface area contributed by atoms with Crippen LogP contribution >= 0.6 is 11.3 Å². The van der Waals surface area contributed by atoms with E-state index in [2.05, 4.69) is 17.5 Å². The summed E-state index contributed by atoms with van der Waals surface area (Å²) in [5.41, 5.74) is 7.71. The van der Waals surface area contributed by atoms with Gasteiger partial charge in [0, 0.05) is 18.3 Å². The molecule has 0 spiro atoms. The lowest BCUT2D eigenvalue weighted by molar-refractivity contribution is 0.604. The summed E-state index contributed by atoms with van der Waals surface area (Å²) in [4.78, 5) is 1.92. The van der Waals surface area contributed by atoms with E-state index in [1.165, 1.54) is 16.2 Å². The lowest BCUT2D eigenvalue weighted by Gasteiger charge is -2.29. The van der Waals surface area contributed by atoms with Gasteiger partial charge in [0.15, 0.2) is 0 Å². The second kappa shape index (κ2) is 5.84. The summed E-state index contributed by atoms with van der Waals surface area (Å²) in [6.45, 7) is 0.436. The van der Waals surface area contributed by atoms with Gasteiger partial charge in [0.2, 0.25) is 0 Å². The number of hydrogen-bond acceptors (Lipinski definition) is 3. The van der Waals surface area contributed by atoms with Gasteiger partial charge in [0.25, 0.3) is 0 Å². The van der Waals surface area contributed by atoms with E-state index in [1.54, 1.807) is 23.5 Å². The summed E-state index contributed by atoms with van der Waals surface area (Å²) in [5, 5.41) is 3.32. The minimum Gasteiger partial charge on any atom is -0.364 e. The molecule has 2 N–H and O–H groups in total. The van der Waals surface area contributed by atoms with E-state index in [1.807, 2.05) is 30.1 Å². The van der Waals surface area contributed by atoms with Crippen LogP contribution in [0.5, 0.6) is 0 Å². The molecule has 4 heteroatoms. The Labute approximate surface area is 127 Å². The first-order chi connectivity index (χ1) is 10.2. The van der Waals surface area contributed by atoms with Crippen LogP contribution < -0.4 is 10.6 Å². The minimum absolute atomic E-state index is 0.0435. The minimum atomic E-state index is -0.224. The van der Waals surface area contributed by atoms with Gasteiger partial charge in [-0.25, -0.2) is 4.39 Å². The molecule has 0 fully saturated rings.